The number of nitrogens with zero attached hydrogens (tertiary/aromatic N) is 2. The van der Waals surface area contributed by atoms with Gasteiger partial charge in [0, 0.05) is 13.1 Å². The van der Waals surface area contributed by atoms with Crippen molar-refractivity contribution in [1.82, 2.24) is 15.1 Å². The van der Waals surface area contributed by atoms with E-state index in [0.717, 1.165) is 12.1 Å². The zero-order valence-electron chi connectivity index (χ0n) is 11.8. The van der Waals surface area contributed by atoms with Gasteiger partial charge in [0.05, 0.1) is 5.69 Å². The van der Waals surface area contributed by atoms with Crippen LogP contribution in [0.3, 0.4) is 0 Å². The van der Waals surface area contributed by atoms with Crippen LogP contribution in [0.15, 0.2) is 6.07 Å². The number of hydrogen-bond acceptors (Lipinski definition) is 3. The molecule has 5 nitrogen and oxygen atoms in total. The lowest BCUT2D eigenvalue weighted by molar-refractivity contribution is 0.0924. The summed E-state index contributed by atoms with van der Waals surface area (Å²) in [5.74, 6) is -0.0671. The van der Waals surface area contributed by atoms with Gasteiger partial charge in [-0.2, -0.15) is 5.10 Å². The first-order valence-electron chi connectivity index (χ1n) is 6.42. The summed E-state index contributed by atoms with van der Waals surface area (Å²) in [6.45, 7) is 10.0. The number of aryl methyl sites for hydroxylation is 2. The van der Waals surface area contributed by atoms with Gasteiger partial charge in [-0.1, -0.05) is 13.8 Å². The van der Waals surface area contributed by atoms with Crippen LogP contribution in [0.25, 0.3) is 0 Å². The Morgan fingerprint density at radius 2 is 2.22 bits per heavy atom. The number of carbonyl (C=O) groups excluding carboxylic acids is 1. The third-order valence-corrected chi connectivity index (χ3v) is 2.98. The second-order valence-electron chi connectivity index (χ2n) is 5.37. The standard InChI is InChI=1S/C13H24N4O/c1-5-17-11(8-10(2)16-17)12(18)15-9-13(3,4)6-7-14/h8H,5-7,9,14H2,1-4H3,(H,15,18). The van der Waals surface area contributed by atoms with Crippen LogP contribution in [0.4, 0.5) is 0 Å². The highest BCUT2D eigenvalue weighted by molar-refractivity contribution is 5.92. The molecule has 0 aliphatic heterocycles. The average Bonchev–Trinajstić information content (AvgIpc) is 2.67. The largest absolute Gasteiger partial charge is 0.350 e. The third kappa shape index (κ3) is 3.84. The van der Waals surface area contributed by atoms with Gasteiger partial charge in [0.15, 0.2) is 0 Å². The van der Waals surface area contributed by atoms with Gasteiger partial charge in [0.25, 0.3) is 5.91 Å². The Morgan fingerprint density at radius 3 is 2.78 bits per heavy atom. The highest BCUT2D eigenvalue weighted by Crippen LogP contribution is 2.17. The molecular weight excluding hydrogens is 228 g/mol. The van der Waals surface area contributed by atoms with Gasteiger partial charge in [-0.15, -0.1) is 0 Å². The Labute approximate surface area is 109 Å². The Hall–Kier alpha value is -1.36. The molecular formula is C13H24N4O. The molecule has 1 aromatic rings. The second kappa shape index (κ2) is 6.00. The van der Waals surface area contributed by atoms with Gasteiger partial charge in [-0.3, -0.25) is 9.48 Å². The molecule has 3 N–H and O–H groups in total. The van der Waals surface area contributed by atoms with Gasteiger partial charge >= 0.3 is 0 Å². The van der Waals surface area contributed by atoms with Crippen molar-refractivity contribution in [1.29, 1.82) is 0 Å². The van der Waals surface area contributed by atoms with Gasteiger partial charge in [-0.05, 0) is 38.3 Å². The zero-order valence-corrected chi connectivity index (χ0v) is 11.8. The van der Waals surface area contributed by atoms with E-state index in [1.807, 2.05) is 19.9 Å². The van der Waals surface area contributed by atoms with Crippen molar-refractivity contribution in [3.05, 3.63) is 17.5 Å². The molecule has 1 amide bonds. The predicted octanol–water partition coefficient (Wildman–Crippen LogP) is 1.32. The average molecular weight is 252 g/mol. The van der Waals surface area contributed by atoms with Crippen LogP contribution < -0.4 is 11.1 Å². The molecule has 1 rings (SSSR count). The summed E-state index contributed by atoms with van der Waals surface area (Å²) in [4.78, 5) is 12.1. The Morgan fingerprint density at radius 1 is 1.56 bits per heavy atom. The van der Waals surface area contributed by atoms with Gasteiger partial charge < -0.3 is 11.1 Å². The van der Waals surface area contributed by atoms with Crippen molar-refractivity contribution in [2.75, 3.05) is 13.1 Å². The lowest BCUT2D eigenvalue weighted by atomic mass is 9.89. The van der Waals surface area contributed by atoms with E-state index in [4.69, 9.17) is 5.73 Å². The summed E-state index contributed by atoms with van der Waals surface area (Å²) in [6.07, 6.45) is 0.888. The molecule has 0 spiro atoms. The minimum Gasteiger partial charge on any atom is -0.350 e. The van der Waals surface area contributed by atoms with Crippen molar-refractivity contribution < 1.29 is 4.79 Å². The third-order valence-electron chi connectivity index (χ3n) is 2.98. The lowest BCUT2D eigenvalue weighted by Gasteiger charge is -2.24. The first-order valence-corrected chi connectivity index (χ1v) is 6.42. The summed E-state index contributed by atoms with van der Waals surface area (Å²) in [6, 6.07) is 1.81. The van der Waals surface area contributed by atoms with Crippen LogP contribution in [0.5, 0.6) is 0 Å². The van der Waals surface area contributed by atoms with E-state index >= 15 is 0 Å². The molecule has 5 heteroatoms. The van der Waals surface area contributed by atoms with Crippen molar-refractivity contribution >= 4 is 5.91 Å². The Balaban J connectivity index is 2.65. The maximum Gasteiger partial charge on any atom is 0.269 e. The fraction of sp³-hybridized carbons (Fsp3) is 0.692. The fourth-order valence-electron chi connectivity index (χ4n) is 1.86. The maximum absolute atomic E-state index is 12.1. The molecule has 102 valence electrons. The summed E-state index contributed by atoms with van der Waals surface area (Å²) >= 11 is 0. The van der Waals surface area contributed by atoms with Crippen LogP contribution in [-0.4, -0.2) is 28.8 Å². The number of nitrogens with one attached hydrogen (secondary N) is 1. The topological polar surface area (TPSA) is 72.9 Å². The molecule has 0 aliphatic carbocycles. The van der Waals surface area contributed by atoms with Crippen molar-refractivity contribution in [3.63, 3.8) is 0 Å². The van der Waals surface area contributed by atoms with Crippen molar-refractivity contribution in [3.8, 4) is 0 Å². The summed E-state index contributed by atoms with van der Waals surface area (Å²) in [5.41, 5.74) is 7.07. The number of carbonyl (C=O) groups is 1. The highest BCUT2D eigenvalue weighted by atomic mass is 16.2. The minimum atomic E-state index is -0.0671. The number of amides is 1. The molecule has 0 saturated carbocycles. The van der Waals surface area contributed by atoms with E-state index in [-0.39, 0.29) is 11.3 Å². The molecule has 0 saturated heterocycles. The smallest absolute Gasteiger partial charge is 0.269 e. The molecule has 0 unspecified atom stereocenters. The molecule has 0 bridgehead atoms. The number of nitrogens with two attached hydrogens (primary N) is 1. The van der Waals surface area contributed by atoms with E-state index in [0.29, 0.717) is 25.3 Å². The van der Waals surface area contributed by atoms with E-state index < -0.39 is 0 Å². The van der Waals surface area contributed by atoms with E-state index in [1.165, 1.54) is 0 Å². The molecule has 0 fully saturated rings. The van der Waals surface area contributed by atoms with Gasteiger partial charge in [-0.25, -0.2) is 0 Å². The van der Waals surface area contributed by atoms with Crippen LogP contribution in [0, 0.1) is 12.3 Å². The van der Waals surface area contributed by atoms with Crippen LogP contribution in [0.2, 0.25) is 0 Å². The van der Waals surface area contributed by atoms with E-state index in [9.17, 15) is 4.79 Å². The van der Waals surface area contributed by atoms with E-state index in [2.05, 4.69) is 24.3 Å². The normalized spacial score (nSPS) is 11.6. The molecule has 1 aromatic heterocycles. The van der Waals surface area contributed by atoms with Crippen molar-refractivity contribution in [2.45, 2.75) is 40.7 Å². The SMILES string of the molecule is CCn1nc(C)cc1C(=O)NCC(C)(C)CCN. The monoisotopic (exact) mass is 252 g/mol. The zero-order chi connectivity index (χ0) is 13.8. The first-order chi connectivity index (χ1) is 8.39. The minimum absolute atomic E-state index is 0.0243. The predicted molar refractivity (Wildman–Crippen MR) is 72.4 cm³/mol. The summed E-state index contributed by atoms with van der Waals surface area (Å²) < 4.78 is 1.72. The second-order valence-corrected chi connectivity index (χ2v) is 5.37. The molecule has 0 aromatic carbocycles. The molecule has 0 atom stereocenters. The number of hydrogen-bond donors (Lipinski definition) is 2. The Kier molecular flexibility index (Phi) is 4.90. The van der Waals surface area contributed by atoms with E-state index in [1.54, 1.807) is 4.68 Å². The van der Waals surface area contributed by atoms with Crippen LogP contribution in [0.1, 0.15) is 43.4 Å². The molecule has 1 heterocycles. The Bertz CT molecular complexity index is 409. The number of rotatable bonds is 6. The fourth-order valence-corrected chi connectivity index (χ4v) is 1.86. The quantitative estimate of drug-likeness (QED) is 0.802. The molecule has 18 heavy (non-hydrogen) atoms. The van der Waals surface area contributed by atoms with Crippen LogP contribution in [-0.2, 0) is 6.54 Å². The summed E-state index contributed by atoms with van der Waals surface area (Å²) in [5, 5.41) is 7.22. The van der Waals surface area contributed by atoms with Crippen LogP contribution >= 0.6 is 0 Å². The van der Waals surface area contributed by atoms with Crippen molar-refractivity contribution in [2.24, 2.45) is 11.1 Å². The molecule has 0 radical (unpaired) electrons. The van der Waals surface area contributed by atoms with Gasteiger partial charge in [0.2, 0.25) is 0 Å². The highest BCUT2D eigenvalue weighted by Gasteiger charge is 2.20. The lowest BCUT2D eigenvalue weighted by Crippen LogP contribution is -2.36. The number of aromatic nitrogens is 2. The molecule has 0 aliphatic rings. The summed E-state index contributed by atoms with van der Waals surface area (Å²) in [7, 11) is 0. The van der Waals surface area contributed by atoms with Gasteiger partial charge in [0.1, 0.15) is 5.69 Å². The maximum atomic E-state index is 12.1. The first kappa shape index (κ1) is 14.7.